The van der Waals surface area contributed by atoms with Crippen molar-refractivity contribution < 1.29 is 44.0 Å². The molecule has 1 aliphatic carbocycles. The molecule has 1 aliphatic rings. The number of rotatable bonds is 0. The molecule has 0 bridgehead atoms. The van der Waals surface area contributed by atoms with Gasteiger partial charge in [-0.05, 0) is 12.8 Å². The van der Waals surface area contributed by atoms with Gasteiger partial charge < -0.3 is 7.16 Å². The molecule has 7 heteroatoms. The third-order valence-electron chi connectivity index (χ3n) is 1.65. The normalized spacial score (nSPS) is 18.1. The first-order valence-electron chi connectivity index (χ1n) is 3.90. The maximum absolute atomic E-state index is 8.97. The fraction of sp³-hybridized carbons (Fsp3) is 1.00. The molecule has 0 amide bonds. The molecule has 0 aliphatic heterocycles. The Bertz CT molecular complexity index is 199. The average Bonchev–Trinajstić information content (AvgIpc) is 1.85. The van der Waals surface area contributed by atoms with E-state index in [1.807, 2.05) is 0 Å². The second-order valence-corrected chi connectivity index (χ2v) is 3.94. The van der Waals surface area contributed by atoms with Crippen molar-refractivity contribution in [2.45, 2.75) is 38.1 Å². The Kier molecular flexibility index (Phi) is 10.2. The molecule has 0 unspecified atom stereocenters. The monoisotopic (exact) mass is 220 g/mol. The maximum Gasteiger partial charge on any atom is 1.00 e. The molecular formula is C6H17N2NaO3S. The van der Waals surface area contributed by atoms with Gasteiger partial charge in [0.05, 0.1) is 0 Å². The quantitative estimate of drug-likeness (QED) is 0.301. The van der Waals surface area contributed by atoms with Crippen molar-refractivity contribution in [1.29, 1.82) is 0 Å². The Balaban J connectivity index is -0.000000159. The second-order valence-electron chi connectivity index (χ2n) is 2.91. The predicted molar refractivity (Wildman–Crippen MR) is 47.9 cm³/mol. The molecule has 1 saturated carbocycles. The van der Waals surface area contributed by atoms with Crippen LogP contribution < -0.4 is 40.4 Å². The van der Waals surface area contributed by atoms with Gasteiger partial charge in [0.2, 0.25) is 0 Å². The van der Waals surface area contributed by atoms with E-state index in [4.69, 9.17) is 18.7 Å². The summed E-state index contributed by atoms with van der Waals surface area (Å²) in [5, 5.41) is 3.88. The number of hydrogen-bond donors (Lipinski definition) is 3. The minimum atomic E-state index is -4.17. The topological polar surface area (TPSA) is 106 Å². The van der Waals surface area contributed by atoms with Crippen molar-refractivity contribution in [1.82, 2.24) is 0 Å². The Hall–Kier alpha value is 0.830. The van der Waals surface area contributed by atoms with E-state index in [0.717, 1.165) is 0 Å². The summed E-state index contributed by atoms with van der Waals surface area (Å²) in [6, 6.07) is 0.536. The van der Waals surface area contributed by atoms with Crippen LogP contribution in [0.25, 0.3) is 0 Å². The first-order chi connectivity index (χ1) is 5.39. The van der Waals surface area contributed by atoms with Gasteiger partial charge in [0.1, 0.15) is 0 Å². The first-order valence-corrected chi connectivity index (χ1v) is 5.40. The Morgan fingerprint density at radius 2 is 1.54 bits per heavy atom. The Morgan fingerprint density at radius 1 is 1.23 bits per heavy atom. The van der Waals surface area contributed by atoms with Gasteiger partial charge in [-0.15, -0.1) is 0 Å². The zero-order chi connectivity index (χ0) is 9.61. The van der Waals surface area contributed by atoms with E-state index in [9.17, 15) is 0 Å². The molecule has 0 aromatic carbocycles. The summed E-state index contributed by atoms with van der Waals surface area (Å²) >= 11 is 0. The molecule has 0 saturated heterocycles. The summed E-state index contributed by atoms with van der Waals surface area (Å²) in [5.74, 6) is 0. The van der Waals surface area contributed by atoms with Crippen LogP contribution in [-0.4, -0.2) is 19.0 Å². The van der Waals surface area contributed by atoms with Crippen molar-refractivity contribution in [2.24, 2.45) is 10.9 Å². The van der Waals surface area contributed by atoms with Crippen molar-refractivity contribution in [2.75, 3.05) is 0 Å². The van der Waals surface area contributed by atoms with E-state index in [2.05, 4.69) is 5.14 Å². The van der Waals surface area contributed by atoms with Crippen LogP contribution in [0.1, 0.15) is 33.5 Å². The fourth-order valence-electron chi connectivity index (χ4n) is 1.13. The molecule has 13 heavy (non-hydrogen) atoms. The van der Waals surface area contributed by atoms with Crippen LogP contribution in [0.15, 0.2) is 0 Å². The summed E-state index contributed by atoms with van der Waals surface area (Å²) in [4.78, 5) is 0. The second kappa shape index (κ2) is 8.16. The molecular weight excluding hydrogens is 203 g/mol. The molecule has 0 radical (unpaired) electrons. The van der Waals surface area contributed by atoms with Crippen molar-refractivity contribution in [3.8, 4) is 0 Å². The van der Waals surface area contributed by atoms with Crippen LogP contribution in [-0.2, 0) is 10.3 Å². The Labute approximate surface area is 103 Å². The smallest absolute Gasteiger partial charge is 1.00 e. The summed E-state index contributed by atoms with van der Waals surface area (Å²) in [7, 11) is -4.17. The summed E-state index contributed by atoms with van der Waals surface area (Å²) in [6.07, 6.45) is 6.66. The standard InChI is InChI=1S/C6H13N.H3NO3S.Na.H/c7-6-4-2-1-3-5-6;1-5(2,3)4;;/h6H,1-5,7H2;(H3,1,2,3,4);;/q;;+1;-1. The molecule has 1 fully saturated rings. The van der Waals surface area contributed by atoms with Gasteiger partial charge in [-0.2, -0.15) is 8.42 Å². The summed E-state index contributed by atoms with van der Waals surface area (Å²) < 4.78 is 25.2. The van der Waals surface area contributed by atoms with Crippen LogP contribution in [0, 0.1) is 0 Å². The minimum Gasteiger partial charge on any atom is -1.00 e. The van der Waals surface area contributed by atoms with Gasteiger partial charge in [0.15, 0.2) is 0 Å². The Morgan fingerprint density at radius 3 is 1.69 bits per heavy atom. The van der Waals surface area contributed by atoms with Crippen molar-refractivity contribution in [3.63, 3.8) is 0 Å². The van der Waals surface area contributed by atoms with E-state index in [1.54, 1.807) is 0 Å². The van der Waals surface area contributed by atoms with Gasteiger partial charge in [-0.25, -0.2) is 5.14 Å². The van der Waals surface area contributed by atoms with Crippen molar-refractivity contribution in [3.05, 3.63) is 0 Å². The van der Waals surface area contributed by atoms with E-state index < -0.39 is 10.3 Å². The van der Waals surface area contributed by atoms with E-state index in [0.29, 0.717) is 6.04 Å². The zero-order valence-corrected chi connectivity index (χ0v) is 10.8. The SMILES string of the molecule is NC1CCCCC1.NS(=O)(=O)O.[H-].[Na+]. The van der Waals surface area contributed by atoms with Crippen LogP contribution in [0.5, 0.6) is 0 Å². The summed E-state index contributed by atoms with van der Waals surface area (Å²) in [6.45, 7) is 0. The number of nitrogens with two attached hydrogens (primary N) is 2. The molecule has 5 nitrogen and oxygen atoms in total. The molecule has 0 atom stereocenters. The third-order valence-corrected chi connectivity index (χ3v) is 1.65. The molecule has 76 valence electrons. The van der Waals surface area contributed by atoms with Crippen molar-refractivity contribution >= 4 is 10.3 Å². The molecule has 0 heterocycles. The van der Waals surface area contributed by atoms with Gasteiger partial charge in [0.25, 0.3) is 0 Å². The molecule has 0 spiro atoms. The van der Waals surface area contributed by atoms with Gasteiger partial charge in [-0.1, -0.05) is 19.3 Å². The fourth-order valence-corrected chi connectivity index (χ4v) is 1.13. The molecule has 0 aromatic rings. The first kappa shape index (κ1) is 16.3. The van der Waals surface area contributed by atoms with Crippen LogP contribution in [0.2, 0.25) is 0 Å². The van der Waals surface area contributed by atoms with Gasteiger partial charge in [0, 0.05) is 6.04 Å². The predicted octanol–water partition coefficient (Wildman–Crippen LogP) is -2.86. The molecule has 0 aromatic heterocycles. The van der Waals surface area contributed by atoms with Gasteiger partial charge in [-0.3, -0.25) is 4.55 Å². The maximum atomic E-state index is 8.97. The largest absolute Gasteiger partial charge is 1.00 e. The van der Waals surface area contributed by atoms with Gasteiger partial charge >= 0.3 is 39.9 Å². The zero-order valence-electron chi connectivity index (χ0n) is 8.94. The van der Waals surface area contributed by atoms with E-state index >= 15 is 0 Å². The van der Waals surface area contributed by atoms with E-state index in [-0.39, 0.29) is 31.0 Å². The van der Waals surface area contributed by atoms with E-state index in [1.165, 1.54) is 32.1 Å². The summed E-state index contributed by atoms with van der Waals surface area (Å²) in [5.41, 5.74) is 5.63. The van der Waals surface area contributed by atoms with Crippen LogP contribution >= 0.6 is 0 Å². The number of hydrogen-bond acceptors (Lipinski definition) is 3. The minimum absolute atomic E-state index is 0. The molecule has 1 rings (SSSR count). The van der Waals surface area contributed by atoms with Crippen LogP contribution in [0.4, 0.5) is 0 Å². The molecule has 5 N–H and O–H groups in total. The van der Waals surface area contributed by atoms with Crippen LogP contribution in [0.3, 0.4) is 0 Å². The third kappa shape index (κ3) is 19.3. The average molecular weight is 220 g/mol.